The van der Waals surface area contributed by atoms with Gasteiger partial charge in [0.1, 0.15) is 11.9 Å². The van der Waals surface area contributed by atoms with Crippen LogP contribution in [0.25, 0.3) is 10.9 Å². The molecule has 0 radical (unpaired) electrons. The topological polar surface area (TPSA) is 108 Å². The Morgan fingerprint density at radius 2 is 1.81 bits per heavy atom. The second-order valence-electron chi connectivity index (χ2n) is 7.21. The van der Waals surface area contributed by atoms with Crippen LogP contribution in [0.4, 0.5) is 4.39 Å². The summed E-state index contributed by atoms with van der Waals surface area (Å²) in [6.45, 7) is 1.94. The molecule has 7 nitrogen and oxygen atoms in total. The van der Waals surface area contributed by atoms with Gasteiger partial charge in [-0.1, -0.05) is 18.2 Å². The maximum absolute atomic E-state index is 12.9. The van der Waals surface area contributed by atoms with E-state index < -0.39 is 33.4 Å². The Morgan fingerprint density at radius 3 is 2.55 bits per heavy atom. The van der Waals surface area contributed by atoms with Crippen molar-refractivity contribution in [3.8, 4) is 0 Å². The third-order valence-corrected chi connectivity index (χ3v) is 6.64. The highest BCUT2D eigenvalue weighted by Gasteiger charge is 2.19. The summed E-state index contributed by atoms with van der Waals surface area (Å²) in [4.78, 5) is 27.4. The number of para-hydroxylation sites is 1. The molecule has 0 aliphatic carbocycles. The number of halogens is 1. The SMILES string of the molecule is CC(NC(=O)CCS(=O)(=O)c1ccc(F)cc1)C(=O)NCCc1c[nH]c2ccccc12. The molecule has 0 bridgehead atoms. The predicted molar refractivity (Wildman–Crippen MR) is 116 cm³/mol. The molecule has 1 heterocycles. The molecular formula is C22H24FN3O4S. The zero-order valence-corrected chi connectivity index (χ0v) is 17.8. The number of aromatic nitrogens is 1. The molecule has 0 saturated heterocycles. The highest BCUT2D eigenvalue weighted by molar-refractivity contribution is 7.91. The molecular weight excluding hydrogens is 421 g/mol. The van der Waals surface area contributed by atoms with Gasteiger partial charge in [0.05, 0.1) is 10.6 Å². The van der Waals surface area contributed by atoms with Gasteiger partial charge in [-0.2, -0.15) is 0 Å². The fourth-order valence-electron chi connectivity index (χ4n) is 3.18. The third-order valence-electron chi connectivity index (χ3n) is 4.91. The van der Waals surface area contributed by atoms with Crippen molar-refractivity contribution in [2.75, 3.05) is 12.3 Å². The van der Waals surface area contributed by atoms with Gasteiger partial charge >= 0.3 is 0 Å². The van der Waals surface area contributed by atoms with Gasteiger partial charge in [0, 0.05) is 30.1 Å². The van der Waals surface area contributed by atoms with E-state index in [9.17, 15) is 22.4 Å². The first kappa shape index (κ1) is 22.5. The van der Waals surface area contributed by atoms with Crippen molar-refractivity contribution in [2.45, 2.75) is 30.7 Å². The highest BCUT2D eigenvalue weighted by Crippen LogP contribution is 2.17. The van der Waals surface area contributed by atoms with Crippen LogP contribution in [0.1, 0.15) is 18.9 Å². The van der Waals surface area contributed by atoms with E-state index in [1.54, 1.807) is 0 Å². The summed E-state index contributed by atoms with van der Waals surface area (Å²) in [6, 6.07) is 11.5. The molecule has 3 rings (SSSR count). The Balaban J connectivity index is 1.43. The van der Waals surface area contributed by atoms with Crippen LogP contribution in [0.3, 0.4) is 0 Å². The number of aromatic amines is 1. The molecule has 9 heteroatoms. The lowest BCUT2D eigenvalue weighted by atomic mass is 10.1. The molecule has 0 spiro atoms. The fourth-order valence-corrected chi connectivity index (χ4v) is 4.42. The van der Waals surface area contributed by atoms with Crippen molar-refractivity contribution in [1.29, 1.82) is 0 Å². The molecule has 1 atom stereocenters. The summed E-state index contributed by atoms with van der Waals surface area (Å²) in [5, 5.41) is 6.38. The van der Waals surface area contributed by atoms with E-state index in [-0.39, 0.29) is 17.2 Å². The van der Waals surface area contributed by atoms with Crippen LogP contribution in [0.5, 0.6) is 0 Å². The van der Waals surface area contributed by atoms with E-state index >= 15 is 0 Å². The van der Waals surface area contributed by atoms with Crippen LogP contribution in [-0.2, 0) is 25.8 Å². The molecule has 0 fully saturated rings. The summed E-state index contributed by atoms with van der Waals surface area (Å²) >= 11 is 0. The van der Waals surface area contributed by atoms with Gasteiger partial charge in [0.15, 0.2) is 9.84 Å². The van der Waals surface area contributed by atoms with E-state index in [2.05, 4.69) is 15.6 Å². The maximum Gasteiger partial charge on any atom is 0.242 e. The van der Waals surface area contributed by atoms with Crippen LogP contribution in [0.2, 0.25) is 0 Å². The van der Waals surface area contributed by atoms with E-state index in [1.807, 2.05) is 30.5 Å². The molecule has 3 aromatic rings. The van der Waals surface area contributed by atoms with E-state index in [4.69, 9.17) is 0 Å². The molecule has 0 aliphatic rings. The first-order valence-corrected chi connectivity index (χ1v) is 11.5. The molecule has 3 N–H and O–H groups in total. The van der Waals surface area contributed by atoms with Crippen molar-refractivity contribution >= 4 is 32.6 Å². The summed E-state index contributed by atoms with van der Waals surface area (Å²) in [6.07, 6.45) is 2.24. The number of fused-ring (bicyclic) bond motifs is 1. The number of nitrogens with one attached hydrogen (secondary N) is 3. The standard InChI is InChI=1S/C22H24FN3O4S/c1-15(22(28)24-12-10-16-14-25-20-5-3-2-4-19(16)20)26-21(27)11-13-31(29,30)18-8-6-17(23)7-9-18/h2-9,14-15,25H,10-13H2,1H3,(H,24,28)(H,26,27). The molecule has 164 valence electrons. The minimum atomic E-state index is -3.72. The van der Waals surface area contributed by atoms with Crippen LogP contribution in [0.15, 0.2) is 59.6 Å². The molecule has 31 heavy (non-hydrogen) atoms. The number of amides is 2. The first-order valence-electron chi connectivity index (χ1n) is 9.86. The number of sulfone groups is 1. The molecule has 2 aromatic carbocycles. The van der Waals surface area contributed by atoms with Crippen molar-refractivity contribution in [3.05, 3.63) is 66.1 Å². The lowest BCUT2D eigenvalue weighted by Gasteiger charge is -2.14. The minimum absolute atomic E-state index is 0.0511. The van der Waals surface area contributed by atoms with Crippen LogP contribution in [0, 0.1) is 5.82 Å². The zero-order chi connectivity index (χ0) is 22.4. The van der Waals surface area contributed by atoms with Crippen LogP contribution in [-0.4, -0.2) is 43.6 Å². The summed E-state index contributed by atoms with van der Waals surface area (Å²) in [7, 11) is -3.72. The number of H-pyrrole nitrogens is 1. The monoisotopic (exact) mass is 445 g/mol. The second kappa shape index (κ2) is 9.74. The number of hydrogen-bond acceptors (Lipinski definition) is 4. The quantitative estimate of drug-likeness (QED) is 0.439. The Bertz CT molecular complexity index is 1170. The average Bonchev–Trinajstić information content (AvgIpc) is 3.16. The summed E-state index contributed by atoms with van der Waals surface area (Å²) in [5.74, 6) is -1.87. The first-order chi connectivity index (χ1) is 14.8. The second-order valence-corrected chi connectivity index (χ2v) is 9.32. The largest absolute Gasteiger partial charge is 0.361 e. The van der Waals surface area contributed by atoms with Gasteiger partial charge < -0.3 is 15.6 Å². The Kier molecular flexibility index (Phi) is 7.06. The number of hydrogen-bond donors (Lipinski definition) is 3. The number of carbonyl (C=O) groups is 2. The molecule has 0 aliphatic heterocycles. The van der Waals surface area contributed by atoms with Gasteiger partial charge in [0.2, 0.25) is 11.8 Å². The lowest BCUT2D eigenvalue weighted by Crippen LogP contribution is -2.45. The van der Waals surface area contributed by atoms with Crippen molar-refractivity contribution in [3.63, 3.8) is 0 Å². The Morgan fingerprint density at radius 1 is 1.10 bits per heavy atom. The number of benzene rings is 2. The van der Waals surface area contributed by atoms with Gasteiger partial charge in [-0.3, -0.25) is 9.59 Å². The van der Waals surface area contributed by atoms with Gasteiger partial charge in [-0.05, 0) is 49.2 Å². The van der Waals surface area contributed by atoms with Crippen molar-refractivity contribution in [2.24, 2.45) is 0 Å². The van der Waals surface area contributed by atoms with Crippen LogP contribution >= 0.6 is 0 Å². The predicted octanol–water partition coefficient (Wildman–Crippen LogP) is 2.33. The van der Waals surface area contributed by atoms with Gasteiger partial charge in [-0.25, -0.2) is 12.8 Å². The molecule has 1 aromatic heterocycles. The lowest BCUT2D eigenvalue weighted by molar-refractivity contribution is -0.128. The van der Waals surface area contributed by atoms with Crippen LogP contribution < -0.4 is 10.6 Å². The number of rotatable bonds is 9. The van der Waals surface area contributed by atoms with E-state index in [0.29, 0.717) is 13.0 Å². The Labute approximate surface area is 180 Å². The molecule has 1 unspecified atom stereocenters. The van der Waals surface area contributed by atoms with Crippen molar-refractivity contribution in [1.82, 2.24) is 15.6 Å². The molecule has 2 amide bonds. The normalized spacial score (nSPS) is 12.5. The summed E-state index contributed by atoms with van der Waals surface area (Å²) < 4.78 is 37.4. The average molecular weight is 446 g/mol. The van der Waals surface area contributed by atoms with Gasteiger partial charge in [0.25, 0.3) is 0 Å². The van der Waals surface area contributed by atoms with Crippen molar-refractivity contribution < 1.29 is 22.4 Å². The Hall–Kier alpha value is -3.20. The minimum Gasteiger partial charge on any atom is -0.361 e. The highest BCUT2D eigenvalue weighted by atomic mass is 32.2. The van der Waals surface area contributed by atoms with Gasteiger partial charge in [-0.15, -0.1) is 0 Å². The number of carbonyl (C=O) groups excluding carboxylic acids is 2. The third kappa shape index (κ3) is 5.91. The smallest absolute Gasteiger partial charge is 0.242 e. The summed E-state index contributed by atoms with van der Waals surface area (Å²) in [5.41, 5.74) is 2.11. The maximum atomic E-state index is 12.9. The fraction of sp³-hybridized carbons (Fsp3) is 0.273. The van der Waals surface area contributed by atoms with E-state index in [1.165, 1.54) is 6.92 Å². The van der Waals surface area contributed by atoms with E-state index in [0.717, 1.165) is 40.7 Å². The molecule has 0 saturated carbocycles. The zero-order valence-electron chi connectivity index (χ0n) is 17.0.